The fourth-order valence-corrected chi connectivity index (χ4v) is 2.06. The van der Waals surface area contributed by atoms with E-state index in [1.165, 1.54) is 11.8 Å². The predicted octanol–water partition coefficient (Wildman–Crippen LogP) is 2.82. The molecule has 0 aliphatic carbocycles. The maximum Gasteiger partial charge on any atom is 0.259 e. The number of hydrogen-bond acceptors (Lipinski definition) is 4. The summed E-state index contributed by atoms with van der Waals surface area (Å²) in [7, 11) is 0. The van der Waals surface area contributed by atoms with Crippen LogP contribution in [-0.2, 0) is 0 Å². The first-order valence-corrected chi connectivity index (χ1v) is 6.68. The summed E-state index contributed by atoms with van der Waals surface area (Å²) in [5, 5.41) is 10.2. The topological polar surface area (TPSA) is 70.7 Å². The van der Waals surface area contributed by atoms with Crippen molar-refractivity contribution in [3.05, 3.63) is 34.9 Å². The summed E-state index contributed by atoms with van der Waals surface area (Å²) in [5.74, 6) is 0.871. The number of rotatable bonds is 4. The number of carbonyl (C=O) groups excluding carboxylic acids is 1. The SMILES string of the molecule is CCSc1n[nH]c(NC(=O)c2ccccc2Cl)n1. The first-order chi connectivity index (χ1) is 8.70. The highest BCUT2D eigenvalue weighted by Gasteiger charge is 2.12. The van der Waals surface area contributed by atoms with Crippen molar-refractivity contribution >= 4 is 35.2 Å². The Morgan fingerprint density at radius 3 is 3.00 bits per heavy atom. The van der Waals surface area contributed by atoms with Crippen LogP contribution in [0.5, 0.6) is 0 Å². The maximum atomic E-state index is 11.9. The third kappa shape index (κ3) is 3.02. The Hall–Kier alpha value is -1.53. The Labute approximate surface area is 113 Å². The average molecular weight is 283 g/mol. The van der Waals surface area contributed by atoms with Crippen LogP contribution >= 0.6 is 23.4 Å². The first-order valence-electron chi connectivity index (χ1n) is 5.31. The zero-order valence-electron chi connectivity index (χ0n) is 9.61. The monoisotopic (exact) mass is 282 g/mol. The minimum atomic E-state index is -0.315. The van der Waals surface area contributed by atoms with Crippen LogP contribution in [0, 0.1) is 0 Å². The number of benzene rings is 1. The van der Waals surface area contributed by atoms with Gasteiger partial charge < -0.3 is 0 Å². The van der Waals surface area contributed by atoms with Crippen molar-refractivity contribution in [1.82, 2.24) is 15.2 Å². The molecule has 0 spiro atoms. The van der Waals surface area contributed by atoms with E-state index in [2.05, 4.69) is 20.5 Å². The highest BCUT2D eigenvalue weighted by molar-refractivity contribution is 7.99. The summed E-state index contributed by atoms with van der Waals surface area (Å²) in [6.45, 7) is 2.00. The van der Waals surface area contributed by atoms with Gasteiger partial charge in [-0.3, -0.25) is 10.1 Å². The van der Waals surface area contributed by atoms with E-state index in [9.17, 15) is 4.79 Å². The Morgan fingerprint density at radius 1 is 1.50 bits per heavy atom. The van der Waals surface area contributed by atoms with Crippen molar-refractivity contribution in [2.75, 3.05) is 11.1 Å². The van der Waals surface area contributed by atoms with Crippen molar-refractivity contribution in [2.45, 2.75) is 12.1 Å². The molecule has 0 aliphatic heterocycles. The van der Waals surface area contributed by atoms with Crippen molar-refractivity contribution in [3.63, 3.8) is 0 Å². The molecule has 2 rings (SSSR count). The molecule has 2 aromatic rings. The van der Waals surface area contributed by atoms with E-state index < -0.39 is 0 Å². The number of halogens is 1. The lowest BCUT2D eigenvalue weighted by Crippen LogP contribution is -2.13. The number of amides is 1. The Kier molecular flexibility index (Phi) is 4.22. The van der Waals surface area contributed by atoms with Crippen LogP contribution in [0.25, 0.3) is 0 Å². The molecule has 0 aliphatic rings. The Balaban J connectivity index is 2.09. The van der Waals surface area contributed by atoms with Gasteiger partial charge in [-0.25, -0.2) is 5.10 Å². The summed E-state index contributed by atoms with van der Waals surface area (Å²) in [6, 6.07) is 6.83. The summed E-state index contributed by atoms with van der Waals surface area (Å²) in [6.07, 6.45) is 0. The van der Waals surface area contributed by atoms with Gasteiger partial charge in [-0.15, -0.1) is 5.10 Å². The second-order valence-electron chi connectivity index (χ2n) is 3.33. The fourth-order valence-electron chi connectivity index (χ4n) is 1.32. The number of anilines is 1. The van der Waals surface area contributed by atoms with Crippen LogP contribution < -0.4 is 5.32 Å². The molecule has 2 N–H and O–H groups in total. The van der Waals surface area contributed by atoms with Gasteiger partial charge in [0.15, 0.2) is 0 Å². The zero-order chi connectivity index (χ0) is 13.0. The van der Waals surface area contributed by atoms with Crippen molar-refractivity contribution in [2.24, 2.45) is 0 Å². The van der Waals surface area contributed by atoms with Crippen molar-refractivity contribution in [3.8, 4) is 0 Å². The molecule has 94 valence electrons. The number of nitrogens with one attached hydrogen (secondary N) is 2. The second-order valence-corrected chi connectivity index (χ2v) is 4.97. The number of aromatic amines is 1. The summed E-state index contributed by atoms with van der Waals surface area (Å²) >= 11 is 7.42. The van der Waals surface area contributed by atoms with E-state index in [1.54, 1.807) is 24.3 Å². The molecule has 1 heterocycles. The number of aromatic nitrogens is 3. The van der Waals surface area contributed by atoms with Gasteiger partial charge in [-0.2, -0.15) is 4.98 Å². The van der Waals surface area contributed by atoms with E-state index in [0.29, 0.717) is 21.7 Å². The molecule has 0 atom stereocenters. The number of carbonyl (C=O) groups is 1. The highest BCUT2D eigenvalue weighted by atomic mass is 35.5. The molecule has 0 saturated heterocycles. The molecular formula is C11H11ClN4OS. The molecule has 0 radical (unpaired) electrons. The van der Waals surface area contributed by atoms with Crippen molar-refractivity contribution < 1.29 is 4.79 Å². The zero-order valence-corrected chi connectivity index (χ0v) is 11.2. The van der Waals surface area contributed by atoms with E-state index in [1.807, 2.05) is 6.92 Å². The summed E-state index contributed by atoms with van der Waals surface area (Å²) < 4.78 is 0. The van der Waals surface area contributed by atoms with E-state index in [0.717, 1.165) is 5.75 Å². The predicted molar refractivity (Wildman–Crippen MR) is 72.2 cm³/mol. The summed E-state index contributed by atoms with van der Waals surface area (Å²) in [5.41, 5.74) is 0.403. The minimum absolute atomic E-state index is 0.315. The van der Waals surface area contributed by atoms with Crippen LogP contribution in [-0.4, -0.2) is 26.8 Å². The van der Waals surface area contributed by atoms with Gasteiger partial charge in [0, 0.05) is 0 Å². The van der Waals surface area contributed by atoms with Crippen molar-refractivity contribution in [1.29, 1.82) is 0 Å². The normalized spacial score (nSPS) is 10.3. The molecule has 1 aromatic heterocycles. The molecule has 1 amide bonds. The number of thioether (sulfide) groups is 1. The number of hydrogen-bond donors (Lipinski definition) is 2. The molecular weight excluding hydrogens is 272 g/mol. The van der Waals surface area contributed by atoms with E-state index in [-0.39, 0.29) is 5.91 Å². The molecule has 0 fully saturated rings. The van der Waals surface area contributed by atoms with Gasteiger partial charge in [0.1, 0.15) is 0 Å². The molecule has 0 bridgehead atoms. The first kappa shape index (κ1) is 12.9. The standard InChI is InChI=1S/C11H11ClN4OS/c1-2-18-11-14-10(15-16-11)13-9(17)7-5-3-4-6-8(7)12/h3-6H,2H2,1H3,(H2,13,14,15,16,17). The van der Waals surface area contributed by atoms with Gasteiger partial charge in [0.05, 0.1) is 10.6 Å². The number of nitrogens with zero attached hydrogens (tertiary/aromatic N) is 2. The second kappa shape index (κ2) is 5.88. The molecule has 0 saturated carbocycles. The molecule has 5 nitrogen and oxygen atoms in total. The van der Waals surface area contributed by atoms with Gasteiger partial charge >= 0.3 is 0 Å². The molecule has 18 heavy (non-hydrogen) atoms. The van der Waals surface area contributed by atoms with Crippen LogP contribution in [0.15, 0.2) is 29.4 Å². The fraction of sp³-hybridized carbons (Fsp3) is 0.182. The largest absolute Gasteiger partial charge is 0.291 e. The molecule has 1 aromatic carbocycles. The smallest absolute Gasteiger partial charge is 0.259 e. The van der Waals surface area contributed by atoms with Gasteiger partial charge in [0.25, 0.3) is 5.91 Å². The average Bonchev–Trinajstić information content (AvgIpc) is 2.77. The summed E-state index contributed by atoms with van der Waals surface area (Å²) in [4.78, 5) is 16.0. The quantitative estimate of drug-likeness (QED) is 0.846. The van der Waals surface area contributed by atoms with Gasteiger partial charge in [-0.1, -0.05) is 42.4 Å². The molecule has 0 unspecified atom stereocenters. The highest BCUT2D eigenvalue weighted by Crippen LogP contribution is 2.17. The lowest BCUT2D eigenvalue weighted by Gasteiger charge is -2.02. The Bertz CT molecular complexity index is 557. The van der Waals surface area contributed by atoms with Crippen LogP contribution in [0.1, 0.15) is 17.3 Å². The van der Waals surface area contributed by atoms with Crippen LogP contribution in [0.3, 0.4) is 0 Å². The maximum absolute atomic E-state index is 11.9. The lowest BCUT2D eigenvalue weighted by molar-refractivity contribution is 0.102. The molecule has 7 heteroatoms. The van der Waals surface area contributed by atoms with Crippen LogP contribution in [0.2, 0.25) is 5.02 Å². The third-order valence-electron chi connectivity index (χ3n) is 2.09. The van der Waals surface area contributed by atoms with Gasteiger partial charge in [0.2, 0.25) is 11.1 Å². The van der Waals surface area contributed by atoms with Crippen LogP contribution in [0.4, 0.5) is 5.95 Å². The Morgan fingerprint density at radius 2 is 2.28 bits per heavy atom. The van der Waals surface area contributed by atoms with E-state index >= 15 is 0 Å². The van der Waals surface area contributed by atoms with Gasteiger partial charge in [-0.05, 0) is 17.9 Å². The van der Waals surface area contributed by atoms with E-state index in [4.69, 9.17) is 11.6 Å². The lowest BCUT2D eigenvalue weighted by atomic mass is 10.2. The number of H-pyrrole nitrogens is 1. The minimum Gasteiger partial charge on any atom is -0.291 e. The third-order valence-corrected chi connectivity index (χ3v) is 3.15.